The van der Waals surface area contributed by atoms with Gasteiger partial charge in [-0.15, -0.1) is 0 Å². The summed E-state index contributed by atoms with van der Waals surface area (Å²) in [5, 5.41) is 3.66. The molecule has 0 saturated carbocycles. The van der Waals surface area contributed by atoms with E-state index in [9.17, 15) is 13.2 Å². The maximum atomic E-state index is 12.8. The van der Waals surface area contributed by atoms with Gasteiger partial charge in [-0.05, 0) is 5.56 Å². The Hall–Kier alpha value is -1.78. The Kier molecular flexibility index (Phi) is 2.46. The van der Waals surface area contributed by atoms with Gasteiger partial charge >= 0.3 is 6.18 Å². The van der Waals surface area contributed by atoms with E-state index in [1.807, 2.05) is 0 Å². The fraction of sp³-hybridized carbons (Fsp3) is 0.182. The largest absolute Gasteiger partial charge is 0.433 e. The summed E-state index contributed by atoms with van der Waals surface area (Å²) in [5.74, 6) is 0. The number of alkyl halides is 3. The minimum Gasteiger partial charge on any atom is -0.263 e. The van der Waals surface area contributed by atoms with Gasteiger partial charge in [0, 0.05) is 12.6 Å². The Morgan fingerprint density at radius 2 is 1.75 bits per heavy atom. The zero-order valence-corrected chi connectivity index (χ0v) is 8.49. The minimum absolute atomic E-state index is 0.107. The molecule has 1 aromatic heterocycles. The Labute approximate surface area is 90.3 Å². The fourth-order valence-corrected chi connectivity index (χ4v) is 1.60. The molecule has 0 amide bonds. The summed E-state index contributed by atoms with van der Waals surface area (Å²) in [6, 6.07) is 8.41. The molecule has 0 N–H and O–H groups in total. The van der Waals surface area contributed by atoms with Gasteiger partial charge in [0.05, 0.1) is 6.20 Å². The number of hydrogen-bond acceptors (Lipinski definition) is 1. The van der Waals surface area contributed by atoms with E-state index < -0.39 is 11.9 Å². The first kappa shape index (κ1) is 10.7. The van der Waals surface area contributed by atoms with Gasteiger partial charge in [-0.25, -0.2) is 0 Å². The van der Waals surface area contributed by atoms with Crippen molar-refractivity contribution in [1.29, 1.82) is 0 Å². The molecule has 84 valence electrons. The van der Waals surface area contributed by atoms with Crippen LogP contribution in [0.1, 0.15) is 5.69 Å². The number of aromatic nitrogens is 2. The van der Waals surface area contributed by atoms with Gasteiger partial charge in [0.1, 0.15) is 5.69 Å². The molecule has 16 heavy (non-hydrogen) atoms. The van der Waals surface area contributed by atoms with E-state index >= 15 is 0 Å². The third kappa shape index (κ3) is 1.80. The second kappa shape index (κ2) is 3.66. The number of nitrogens with zero attached hydrogens (tertiary/aromatic N) is 2. The number of aryl methyl sites for hydroxylation is 1. The zero-order chi connectivity index (χ0) is 11.8. The van der Waals surface area contributed by atoms with Crippen LogP contribution in [0.25, 0.3) is 11.1 Å². The number of benzene rings is 1. The third-order valence-electron chi connectivity index (χ3n) is 2.29. The molecule has 2 rings (SSSR count). The van der Waals surface area contributed by atoms with Crippen LogP contribution in [0.3, 0.4) is 0 Å². The van der Waals surface area contributed by atoms with Gasteiger partial charge in [0.25, 0.3) is 0 Å². The molecule has 0 spiro atoms. The van der Waals surface area contributed by atoms with Gasteiger partial charge in [-0.3, -0.25) is 4.68 Å². The molecule has 2 aromatic rings. The average molecular weight is 226 g/mol. The van der Waals surface area contributed by atoms with E-state index in [1.165, 1.54) is 13.2 Å². The molecule has 0 unspecified atom stereocenters. The normalized spacial score (nSPS) is 11.8. The average Bonchev–Trinajstić information content (AvgIpc) is 2.61. The standard InChI is InChI=1S/C11H9F3N2/c1-16-10(11(12,13)14)9(7-15-16)8-5-3-2-4-6-8/h2-7H,1H3. The Morgan fingerprint density at radius 1 is 1.12 bits per heavy atom. The second-order valence-corrected chi connectivity index (χ2v) is 3.39. The summed E-state index contributed by atoms with van der Waals surface area (Å²) in [4.78, 5) is 0. The fourth-order valence-electron chi connectivity index (χ4n) is 1.60. The summed E-state index contributed by atoms with van der Waals surface area (Å²) < 4.78 is 39.2. The van der Waals surface area contributed by atoms with E-state index in [1.54, 1.807) is 30.3 Å². The SMILES string of the molecule is Cn1ncc(-c2ccccc2)c1C(F)(F)F. The first-order chi connectivity index (χ1) is 7.50. The second-order valence-electron chi connectivity index (χ2n) is 3.39. The van der Waals surface area contributed by atoms with Gasteiger partial charge < -0.3 is 0 Å². The Morgan fingerprint density at radius 3 is 2.31 bits per heavy atom. The highest BCUT2D eigenvalue weighted by molar-refractivity contribution is 5.65. The Balaban J connectivity index is 2.60. The lowest BCUT2D eigenvalue weighted by Crippen LogP contribution is -2.13. The van der Waals surface area contributed by atoms with Crippen molar-refractivity contribution in [2.45, 2.75) is 6.18 Å². The van der Waals surface area contributed by atoms with Crippen LogP contribution in [0.15, 0.2) is 36.5 Å². The highest BCUT2D eigenvalue weighted by Gasteiger charge is 2.37. The van der Waals surface area contributed by atoms with Gasteiger partial charge in [0.2, 0.25) is 0 Å². The molecule has 5 heteroatoms. The topological polar surface area (TPSA) is 17.8 Å². The molecule has 1 aromatic carbocycles. The highest BCUT2D eigenvalue weighted by atomic mass is 19.4. The van der Waals surface area contributed by atoms with E-state index in [0.717, 1.165) is 4.68 Å². The predicted octanol–water partition coefficient (Wildman–Crippen LogP) is 3.11. The van der Waals surface area contributed by atoms with E-state index in [2.05, 4.69) is 5.10 Å². The Bertz CT molecular complexity index is 486. The molecule has 0 aliphatic heterocycles. The first-order valence-corrected chi connectivity index (χ1v) is 4.65. The zero-order valence-electron chi connectivity index (χ0n) is 8.49. The van der Waals surface area contributed by atoms with E-state index in [-0.39, 0.29) is 5.56 Å². The summed E-state index contributed by atoms with van der Waals surface area (Å²) in [5.41, 5.74) is -0.0998. The summed E-state index contributed by atoms with van der Waals surface area (Å²) >= 11 is 0. The lowest BCUT2D eigenvalue weighted by molar-refractivity contribution is -0.143. The van der Waals surface area contributed by atoms with Crippen molar-refractivity contribution in [3.8, 4) is 11.1 Å². The van der Waals surface area contributed by atoms with Crippen molar-refractivity contribution in [1.82, 2.24) is 9.78 Å². The van der Waals surface area contributed by atoms with Crippen LogP contribution in [0.5, 0.6) is 0 Å². The van der Waals surface area contributed by atoms with Crippen molar-refractivity contribution in [2.75, 3.05) is 0 Å². The molecule has 0 bridgehead atoms. The number of hydrogen-bond donors (Lipinski definition) is 0. The van der Waals surface area contributed by atoms with Gasteiger partial charge in [0.15, 0.2) is 0 Å². The van der Waals surface area contributed by atoms with Crippen LogP contribution in [-0.4, -0.2) is 9.78 Å². The van der Waals surface area contributed by atoms with Crippen molar-refractivity contribution in [2.24, 2.45) is 7.05 Å². The maximum Gasteiger partial charge on any atom is 0.433 e. The van der Waals surface area contributed by atoms with Crippen molar-refractivity contribution in [3.05, 3.63) is 42.2 Å². The van der Waals surface area contributed by atoms with Crippen molar-refractivity contribution >= 4 is 0 Å². The van der Waals surface area contributed by atoms with Crippen LogP contribution < -0.4 is 0 Å². The van der Waals surface area contributed by atoms with E-state index in [0.29, 0.717) is 5.56 Å². The lowest BCUT2D eigenvalue weighted by Gasteiger charge is -2.09. The monoisotopic (exact) mass is 226 g/mol. The van der Waals surface area contributed by atoms with Crippen LogP contribution in [-0.2, 0) is 13.2 Å². The summed E-state index contributed by atoms with van der Waals surface area (Å²) in [6.07, 6.45) is -3.16. The molecule has 0 aliphatic carbocycles. The van der Waals surface area contributed by atoms with Gasteiger partial charge in [-0.1, -0.05) is 30.3 Å². The summed E-state index contributed by atoms with van der Waals surface area (Å²) in [7, 11) is 1.29. The maximum absolute atomic E-state index is 12.8. The van der Waals surface area contributed by atoms with Gasteiger partial charge in [-0.2, -0.15) is 18.3 Å². The van der Waals surface area contributed by atoms with Crippen LogP contribution >= 0.6 is 0 Å². The third-order valence-corrected chi connectivity index (χ3v) is 2.29. The molecule has 2 nitrogen and oxygen atoms in total. The summed E-state index contributed by atoms with van der Waals surface area (Å²) in [6.45, 7) is 0. The predicted molar refractivity (Wildman–Crippen MR) is 53.6 cm³/mol. The van der Waals surface area contributed by atoms with Crippen LogP contribution in [0.4, 0.5) is 13.2 Å². The van der Waals surface area contributed by atoms with Crippen LogP contribution in [0.2, 0.25) is 0 Å². The molecular weight excluding hydrogens is 217 g/mol. The van der Waals surface area contributed by atoms with E-state index in [4.69, 9.17) is 0 Å². The van der Waals surface area contributed by atoms with Crippen LogP contribution in [0, 0.1) is 0 Å². The molecular formula is C11H9F3N2. The lowest BCUT2D eigenvalue weighted by atomic mass is 10.1. The molecule has 0 saturated heterocycles. The molecule has 0 atom stereocenters. The molecule has 0 fully saturated rings. The first-order valence-electron chi connectivity index (χ1n) is 4.65. The number of halogens is 3. The highest BCUT2D eigenvalue weighted by Crippen LogP contribution is 2.36. The minimum atomic E-state index is -4.39. The molecule has 1 heterocycles. The smallest absolute Gasteiger partial charge is 0.263 e. The van der Waals surface area contributed by atoms with Crippen molar-refractivity contribution in [3.63, 3.8) is 0 Å². The number of rotatable bonds is 1. The molecule has 0 radical (unpaired) electrons. The quantitative estimate of drug-likeness (QED) is 0.730. The molecule has 0 aliphatic rings. The van der Waals surface area contributed by atoms with Crippen molar-refractivity contribution < 1.29 is 13.2 Å².